The highest BCUT2D eigenvalue weighted by Gasteiger charge is 2.35. The smallest absolute Gasteiger partial charge is 0.345 e. The average Bonchev–Trinajstić information content (AvgIpc) is 3.32. The number of phenolic OH excluding ortho intramolecular Hbond substituents is 1. The van der Waals surface area contributed by atoms with Gasteiger partial charge in [0.2, 0.25) is 5.91 Å². The highest BCUT2D eigenvalue weighted by molar-refractivity contribution is 7.92. The summed E-state index contributed by atoms with van der Waals surface area (Å²) in [7, 11) is -2.93. The second-order valence-electron chi connectivity index (χ2n) is 10.2. The molecule has 1 aliphatic rings. The van der Waals surface area contributed by atoms with Crippen LogP contribution in [0.3, 0.4) is 0 Å². The molecule has 0 unspecified atom stereocenters. The Morgan fingerprint density at radius 3 is 2.45 bits per heavy atom. The quantitative estimate of drug-likeness (QED) is 0.113. The largest absolute Gasteiger partial charge is 0.507 e. The fraction of sp³-hybridized carbons (Fsp3) is 0.250. The number of nitrogens with zero attached hydrogens (tertiary/aromatic N) is 1. The van der Waals surface area contributed by atoms with Crippen LogP contribution >= 0.6 is 0 Å². The number of anilines is 1. The Hall–Kier alpha value is -5.57. The predicted molar refractivity (Wildman–Crippen MR) is 171 cm³/mol. The van der Waals surface area contributed by atoms with E-state index in [0.717, 1.165) is 9.87 Å². The number of amides is 3. The van der Waals surface area contributed by atoms with E-state index >= 15 is 0 Å². The van der Waals surface area contributed by atoms with Gasteiger partial charge in [-0.05, 0) is 54.3 Å². The summed E-state index contributed by atoms with van der Waals surface area (Å²) in [6.07, 6.45) is 2.38. The molecule has 1 heterocycles. The van der Waals surface area contributed by atoms with Crippen LogP contribution in [0.25, 0.3) is 6.08 Å². The molecule has 1 saturated heterocycles. The van der Waals surface area contributed by atoms with Crippen LogP contribution in [0.4, 0.5) is 5.69 Å². The summed E-state index contributed by atoms with van der Waals surface area (Å²) in [5, 5.41) is 15.2. The van der Waals surface area contributed by atoms with E-state index < -0.39 is 40.4 Å². The number of hydrogen-bond donors (Lipinski definition) is 4. The minimum atomic E-state index is -4.13. The number of ether oxygens (including phenoxy) is 3. The molecule has 0 aromatic heterocycles. The number of hydrogen-bond acceptors (Lipinski definition) is 10. The number of esters is 1. The van der Waals surface area contributed by atoms with Crippen molar-refractivity contribution in [3.05, 3.63) is 89.1 Å². The molecule has 47 heavy (non-hydrogen) atoms. The fourth-order valence-electron chi connectivity index (χ4n) is 4.51. The maximum absolute atomic E-state index is 13.1. The van der Waals surface area contributed by atoms with E-state index in [-0.39, 0.29) is 54.0 Å². The van der Waals surface area contributed by atoms with Gasteiger partial charge in [-0.3, -0.25) is 14.4 Å². The van der Waals surface area contributed by atoms with Crippen molar-refractivity contribution in [2.45, 2.75) is 26.4 Å². The Morgan fingerprint density at radius 2 is 1.77 bits per heavy atom. The van der Waals surface area contributed by atoms with Crippen LogP contribution in [0.5, 0.6) is 17.2 Å². The van der Waals surface area contributed by atoms with Gasteiger partial charge in [-0.1, -0.05) is 42.5 Å². The van der Waals surface area contributed by atoms with Crippen LogP contribution in [-0.2, 0) is 35.9 Å². The van der Waals surface area contributed by atoms with Gasteiger partial charge in [-0.25, -0.2) is 13.8 Å². The lowest BCUT2D eigenvalue weighted by Gasteiger charge is -2.20. The summed E-state index contributed by atoms with van der Waals surface area (Å²) in [5.41, 5.74) is 1.19. The zero-order valence-corrected chi connectivity index (χ0v) is 26.5. The van der Waals surface area contributed by atoms with Crippen molar-refractivity contribution in [2.24, 2.45) is 0 Å². The minimum absolute atomic E-state index is 0.0661. The number of carbonyl (C=O) groups excluding carboxylic acids is 4. The fourth-order valence-corrected chi connectivity index (χ4v) is 5.67. The van der Waals surface area contributed by atoms with Gasteiger partial charge in [0, 0.05) is 13.5 Å². The monoisotopic (exact) mass is 666 g/mol. The van der Waals surface area contributed by atoms with Crippen molar-refractivity contribution in [3.63, 3.8) is 0 Å². The molecule has 4 rings (SSSR count). The van der Waals surface area contributed by atoms with Crippen LogP contribution in [0, 0.1) is 0 Å². The predicted octanol–water partition coefficient (Wildman–Crippen LogP) is 2.39. The van der Waals surface area contributed by atoms with Gasteiger partial charge in [0.1, 0.15) is 41.7 Å². The zero-order chi connectivity index (χ0) is 34.0. The molecule has 3 aromatic rings. The first kappa shape index (κ1) is 34.3. The summed E-state index contributed by atoms with van der Waals surface area (Å²) >= 11 is 0. The molecule has 4 N–H and O–H groups in total. The first-order valence-corrected chi connectivity index (χ1v) is 15.9. The van der Waals surface area contributed by atoms with Crippen LogP contribution in [0.2, 0.25) is 0 Å². The van der Waals surface area contributed by atoms with Crippen molar-refractivity contribution in [1.29, 1.82) is 0 Å². The summed E-state index contributed by atoms with van der Waals surface area (Å²) < 4.78 is 44.3. The first-order chi connectivity index (χ1) is 22.5. The Morgan fingerprint density at radius 1 is 1.00 bits per heavy atom. The molecule has 3 amide bonds. The molecule has 3 aromatic carbocycles. The van der Waals surface area contributed by atoms with E-state index in [1.54, 1.807) is 0 Å². The molecule has 0 aliphatic carbocycles. The molecule has 1 fully saturated rings. The third kappa shape index (κ3) is 9.23. The van der Waals surface area contributed by atoms with Crippen LogP contribution in [0.15, 0.2) is 72.4 Å². The average molecular weight is 667 g/mol. The summed E-state index contributed by atoms with van der Waals surface area (Å²) in [6.45, 7) is 1.32. The minimum Gasteiger partial charge on any atom is -0.507 e. The van der Waals surface area contributed by atoms with Gasteiger partial charge < -0.3 is 30.0 Å². The van der Waals surface area contributed by atoms with Crippen molar-refractivity contribution < 1.29 is 46.9 Å². The third-order valence-electron chi connectivity index (χ3n) is 6.68. The lowest BCUT2D eigenvalue weighted by atomic mass is 10.1. The SMILES string of the molecule is COC(=O)c1c(O)cccc1OCCCCNC(=O)/C(=C/c1ccc(N2CC(=O)NS2(=O)=O)c(OCc2ccccc2)c1)NC(C)=O. The van der Waals surface area contributed by atoms with Crippen LogP contribution in [0.1, 0.15) is 41.3 Å². The number of methoxy groups -OCH3 is 1. The highest BCUT2D eigenvalue weighted by atomic mass is 32.2. The number of carbonyl (C=O) groups is 4. The maximum atomic E-state index is 13.1. The van der Waals surface area contributed by atoms with Crippen LogP contribution in [-0.4, -0.2) is 64.0 Å². The molecule has 0 saturated carbocycles. The molecule has 15 heteroatoms. The van der Waals surface area contributed by atoms with E-state index in [1.165, 1.54) is 56.5 Å². The van der Waals surface area contributed by atoms with E-state index in [2.05, 4.69) is 15.4 Å². The van der Waals surface area contributed by atoms with Gasteiger partial charge >= 0.3 is 16.2 Å². The Balaban J connectivity index is 1.45. The molecule has 0 radical (unpaired) electrons. The number of rotatable bonds is 14. The number of benzene rings is 3. The molecule has 0 spiro atoms. The highest BCUT2D eigenvalue weighted by Crippen LogP contribution is 2.34. The van der Waals surface area contributed by atoms with Gasteiger partial charge in [-0.2, -0.15) is 8.42 Å². The number of unbranched alkanes of at least 4 members (excludes halogenated alkanes) is 1. The van der Waals surface area contributed by atoms with Crippen LogP contribution < -0.4 is 29.1 Å². The Labute approximate surface area is 271 Å². The van der Waals surface area contributed by atoms with E-state index in [4.69, 9.17) is 9.47 Å². The van der Waals surface area contributed by atoms with E-state index in [0.29, 0.717) is 18.4 Å². The van der Waals surface area contributed by atoms with Gasteiger partial charge in [0.05, 0.1) is 19.4 Å². The van der Waals surface area contributed by atoms with Gasteiger partial charge in [-0.15, -0.1) is 0 Å². The lowest BCUT2D eigenvalue weighted by molar-refractivity contribution is -0.122. The molecule has 0 bridgehead atoms. The lowest BCUT2D eigenvalue weighted by Crippen LogP contribution is -2.34. The molecule has 1 aliphatic heterocycles. The Kier molecular flexibility index (Phi) is 11.4. The van der Waals surface area contributed by atoms with Crippen molar-refractivity contribution in [1.82, 2.24) is 15.4 Å². The summed E-state index contributed by atoms with van der Waals surface area (Å²) in [4.78, 5) is 48.9. The second kappa shape index (κ2) is 15.6. The molecular formula is C32H34N4O10S. The normalized spacial score (nSPS) is 13.8. The topological polar surface area (TPSA) is 190 Å². The molecule has 0 atom stereocenters. The number of aromatic hydroxyl groups is 1. The Bertz CT molecular complexity index is 1780. The summed E-state index contributed by atoms with van der Waals surface area (Å²) in [5.74, 6) is -2.46. The van der Waals surface area contributed by atoms with E-state index in [9.17, 15) is 32.7 Å². The van der Waals surface area contributed by atoms with Crippen molar-refractivity contribution in [2.75, 3.05) is 31.1 Å². The zero-order valence-electron chi connectivity index (χ0n) is 25.6. The van der Waals surface area contributed by atoms with Gasteiger partial charge in [0.15, 0.2) is 0 Å². The van der Waals surface area contributed by atoms with E-state index in [1.807, 2.05) is 35.1 Å². The summed E-state index contributed by atoms with van der Waals surface area (Å²) in [6, 6.07) is 18.1. The molecule has 248 valence electrons. The van der Waals surface area contributed by atoms with Crippen molar-refractivity contribution >= 4 is 45.7 Å². The first-order valence-electron chi connectivity index (χ1n) is 14.4. The van der Waals surface area contributed by atoms with Crippen molar-refractivity contribution in [3.8, 4) is 17.2 Å². The second-order valence-corrected chi connectivity index (χ2v) is 11.8. The molecule has 14 nitrogen and oxygen atoms in total. The standard InChI is InChI=1S/C32H34N4O10S/c1-21(37)34-24(31(40)33-15-6-7-16-45-27-12-8-11-26(38)30(27)32(41)44-2)17-23-13-14-25(36-19-29(39)35-47(36,42)43)28(18-23)46-20-22-9-4-3-5-10-22/h3-5,8-14,17-18,38H,6-7,15-16,19-20H2,1-2H3,(H,33,40)(H,34,37)(H,35,39)/b24-17-. The number of nitrogens with one attached hydrogen (secondary N) is 3. The third-order valence-corrected chi connectivity index (χ3v) is 8.08. The molecular weight excluding hydrogens is 632 g/mol. The van der Waals surface area contributed by atoms with Gasteiger partial charge in [0.25, 0.3) is 11.8 Å². The maximum Gasteiger partial charge on any atom is 0.345 e. The number of phenols is 1.